The molecule has 0 fully saturated rings. The van der Waals surface area contributed by atoms with Crippen molar-refractivity contribution in [2.45, 2.75) is 6.92 Å². The summed E-state index contributed by atoms with van der Waals surface area (Å²) in [5.74, 6) is 0.604. The highest BCUT2D eigenvalue weighted by Gasteiger charge is 2.14. The molecule has 0 aliphatic rings. The lowest BCUT2D eigenvalue weighted by Gasteiger charge is -2.03. The molecule has 0 saturated heterocycles. The van der Waals surface area contributed by atoms with Crippen molar-refractivity contribution in [1.29, 1.82) is 0 Å². The van der Waals surface area contributed by atoms with Crippen LogP contribution in [0.5, 0.6) is 0 Å². The van der Waals surface area contributed by atoms with Gasteiger partial charge >= 0.3 is 0 Å². The quantitative estimate of drug-likeness (QED) is 0.792. The van der Waals surface area contributed by atoms with Crippen molar-refractivity contribution in [1.82, 2.24) is 10.1 Å². The van der Waals surface area contributed by atoms with Gasteiger partial charge in [0.25, 0.3) is 5.89 Å². The molecule has 1 aromatic heterocycles. The molecule has 0 amide bonds. The van der Waals surface area contributed by atoms with Gasteiger partial charge in [-0.1, -0.05) is 17.3 Å². The molecule has 0 aliphatic heterocycles. The summed E-state index contributed by atoms with van der Waals surface area (Å²) in [4.78, 5) is 4.41. The fourth-order valence-electron chi connectivity index (χ4n) is 2.21. The number of nitrogens with one attached hydrogen (secondary N) is 1. The Morgan fingerprint density at radius 1 is 1.10 bits per heavy atom. The van der Waals surface area contributed by atoms with Crippen molar-refractivity contribution in [3.05, 3.63) is 53.8 Å². The maximum atomic E-state index is 13.2. The van der Waals surface area contributed by atoms with Crippen molar-refractivity contribution in [2.24, 2.45) is 0 Å². The number of hydrogen-bond acceptors (Lipinski definition) is 4. The number of para-hydroxylation sites is 1. The molecule has 4 nitrogen and oxygen atoms in total. The van der Waals surface area contributed by atoms with Gasteiger partial charge in [0, 0.05) is 18.3 Å². The molecule has 1 N–H and O–H groups in total. The van der Waals surface area contributed by atoms with Gasteiger partial charge in [-0.15, -0.1) is 0 Å². The average molecular weight is 283 g/mol. The number of nitrogens with zero attached hydrogens (tertiary/aromatic N) is 2. The standard InChI is InChI=1S/C16H14FN3O/c1-10-9-11(17)7-8-12(10)15-19-16(21-20-15)13-5-3-4-6-14(13)18-2/h3-9,18H,1-2H3. The molecule has 21 heavy (non-hydrogen) atoms. The Labute approximate surface area is 121 Å². The molecule has 2 aromatic carbocycles. The first-order chi connectivity index (χ1) is 10.2. The molecule has 0 bridgehead atoms. The van der Waals surface area contributed by atoms with Crippen molar-refractivity contribution in [2.75, 3.05) is 12.4 Å². The van der Waals surface area contributed by atoms with E-state index in [1.165, 1.54) is 12.1 Å². The largest absolute Gasteiger partial charge is 0.387 e. The van der Waals surface area contributed by atoms with E-state index in [1.807, 2.05) is 38.2 Å². The Balaban J connectivity index is 2.04. The maximum absolute atomic E-state index is 13.2. The van der Waals surface area contributed by atoms with Crippen LogP contribution in [0.15, 0.2) is 47.0 Å². The molecule has 106 valence electrons. The smallest absolute Gasteiger partial charge is 0.260 e. The van der Waals surface area contributed by atoms with Crippen LogP contribution in [0.25, 0.3) is 22.8 Å². The molecule has 0 atom stereocenters. The van der Waals surface area contributed by atoms with Crippen LogP contribution in [0.1, 0.15) is 5.56 Å². The molecule has 0 saturated carbocycles. The van der Waals surface area contributed by atoms with Crippen LogP contribution in [-0.2, 0) is 0 Å². The van der Waals surface area contributed by atoms with E-state index in [0.717, 1.165) is 22.4 Å². The Bertz CT molecular complexity index is 783. The van der Waals surface area contributed by atoms with E-state index in [1.54, 1.807) is 6.07 Å². The maximum Gasteiger partial charge on any atom is 0.260 e. The van der Waals surface area contributed by atoms with E-state index in [0.29, 0.717) is 11.7 Å². The lowest BCUT2D eigenvalue weighted by molar-refractivity contribution is 0.432. The third-order valence-electron chi connectivity index (χ3n) is 3.28. The first-order valence-corrected chi connectivity index (χ1v) is 6.56. The van der Waals surface area contributed by atoms with E-state index in [9.17, 15) is 4.39 Å². The summed E-state index contributed by atoms with van der Waals surface area (Å²) in [5, 5.41) is 7.08. The number of rotatable bonds is 3. The highest BCUT2D eigenvalue weighted by atomic mass is 19.1. The normalized spacial score (nSPS) is 10.6. The zero-order chi connectivity index (χ0) is 14.8. The van der Waals surface area contributed by atoms with Gasteiger partial charge in [-0.25, -0.2) is 4.39 Å². The fraction of sp³-hybridized carbons (Fsp3) is 0.125. The molecule has 0 radical (unpaired) electrons. The van der Waals surface area contributed by atoms with Gasteiger partial charge in [0.1, 0.15) is 5.82 Å². The van der Waals surface area contributed by atoms with Crippen LogP contribution in [0.4, 0.5) is 10.1 Å². The Kier molecular flexibility index (Phi) is 3.39. The van der Waals surface area contributed by atoms with Gasteiger partial charge in [0.2, 0.25) is 5.82 Å². The summed E-state index contributed by atoms with van der Waals surface area (Å²) in [6, 6.07) is 12.2. The number of anilines is 1. The predicted octanol–water partition coefficient (Wildman–Crippen LogP) is 3.89. The lowest BCUT2D eigenvalue weighted by Crippen LogP contribution is -1.91. The van der Waals surface area contributed by atoms with Gasteiger partial charge in [-0.05, 0) is 42.8 Å². The highest BCUT2D eigenvalue weighted by molar-refractivity contribution is 5.73. The van der Waals surface area contributed by atoms with Crippen LogP contribution >= 0.6 is 0 Å². The Morgan fingerprint density at radius 2 is 1.90 bits per heavy atom. The molecule has 3 rings (SSSR count). The third-order valence-corrected chi connectivity index (χ3v) is 3.28. The van der Waals surface area contributed by atoms with Gasteiger partial charge in [-0.2, -0.15) is 4.98 Å². The van der Waals surface area contributed by atoms with Gasteiger partial charge in [-0.3, -0.25) is 0 Å². The summed E-state index contributed by atoms with van der Waals surface area (Å²) < 4.78 is 18.5. The van der Waals surface area contributed by atoms with Crippen LogP contribution in [0.3, 0.4) is 0 Å². The van der Waals surface area contributed by atoms with Gasteiger partial charge in [0.05, 0.1) is 5.56 Å². The highest BCUT2D eigenvalue weighted by Crippen LogP contribution is 2.29. The Hall–Kier alpha value is -2.69. The summed E-state index contributed by atoms with van der Waals surface area (Å²) in [6.45, 7) is 1.82. The summed E-state index contributed by atoms with van der Waals surface area (Å²) in [7, 11) is 1.83. The number of aryl methyl sites for hydroxylation is 1. The summed E-state index contributed by atoms with van der Waals surface area (Å²) in [6.07, 6.45) is 0. The number of aromatic nitrogens is 2. The van der Waals surface area contributed by atoms with E-state index < -0.39 is 0 Å². The van der Waals surface area contributed by atoms with E-state index in [4.69, 9.17) is 4.52 Å². The lowest BCUT2D eigenvalue weighted by atomic mass is 10.1. The molecule has 0 unspecified atom stereocenters. The van der Waals surface area contributed by atoms with Crippen LogP contribution in [0, 0.1) is 12.7 Å². The molecule has 0 spiro atoms. The minimum absolute atomic E-state index is 0.277. The Morgan fingerprint density at radius 3 is 2.67 bits per heavy atom. The van der Waals surface area contributed by atoms with E-state index in [-0.39, 0.29) is 5.82 Å². The third kappa shape index (κ3) is 2.50. The van der Waals surface area contributed by atoms with Crippen molar-refractivity contribution < 1.29 is 8.91 Å². The zero-order valence-corrected chi connectivity index (χ0v) is 11.7. The summed E-state index contributed by atoms with van der Waals surface area (Å²) in [5.41, 5.74) is 3.26. The molecule has 3 aromatic rings. The second kappa shape index (κ2) is 5.36. The van der Waals surface area contributed by atoms with Crippen LogP contribution in [0.2, 0.25) is 0 Å². The molecule has 0 aliphatic carbocycles. The second-order valence-electron chi connectivity index (χ2n) is 4.68. The van der Waals surface area contributed by atoms with Gasteiger partial charge in [0.15, 0.2) is 0 Å². The minimum Gasteiger partial charge on any atom is -0.387 e. The monoisotopic (exact) mass is 283 g/mol. The van der Waals surface area contributed by atoms with Crippen LogP contribution in [-0.4, -0.2) is 17.2 Å². The first-order valence-electron chi connectivity index (χ1n) is 6.56. The number of hydrogen-bond donors (Lipinski definition) is 1. The predicted molar refractivity (Wildman–Crippen MR) is 79.4 cm³/mol. The first kappa shape index (κ1) is 13.3. The topological polar surface area (TPSA) is 51.0 Å². The van der Waals surface area contributed by atoms with E-state index >= 15 is 0 Å². The average Bonchev–Trinajstić information content (AvgIpc) is 2.96. The SMILES string of the molecule is CNc1ccccc1-c1nc(-c2ccc(F)cc2C)no1. The molecule has 1 heterocycles. The zero-order valence-electron chi connectivity index (χ0n) is 11.7. The van der Waals surface area contributed by atoms with E-state index in [2.05, 4.69) is 15.5 Å². The fourth-order valence-corrected chi connectivity index (χ4v) is 2.21. The minimum atomic E-state index is -0.277. The molecule has 5 heteroatoms. The molecular formula is C16H14FN3O. The van der Waals surface area contributed by atoms with Crippen LogP contribution < -0.4 is 5.32 Å². The van der Waals surface area contributed by atoms with Crippen molar-refractivity contribution in [3.8, 4) is 22.8 Å². The van der Waals surface area contributed by atoms with Crippen molar-refractivity contribution in [3.63, 3.8) is 0 Å². The second-order valence-corrected chi connectivity index (χ2v) is 4.68. The van der Waals surface area contributed by atoms with Crippen molar-refractivity contribution >= 4 is 5.69 Å². The molecular weight excluding hydrogens is 269 g/mol. The number of benzene rings is 2. The summed E-state index contributed by atoms with van der Waals surface area (Å²) >= 11 is 0. The van der Waals surface area contributed by atoms with Gasteiger partial charge < -0.3 is 9.84 Å². The number of halogens is 1.